The van der Waals surface area contributed by atoms with E-state index in [1.54, 1.807) is 12.1 Å². The summed E-state index contributed by atoms with van der Waals surface area (Å²) in [6.45, 7) is 0. The molecule has 0 aliphatic heterocycles. The molecule has 3 heteroatoms. The Labute approximate surface area is 116 Å². The van der Waals surface area contributed by atoms with E-state index in [1.165, 1.54) is 23.6 Å². The van der Waals surface area contributed by atoms with Gasteiger partial charge in [-0.3, -0.25) is 0 Å². The fraction of sp³-hybridized carbons (Fsp3) is 0.188. The fourth-order valence-corrected chi connectivity index (χ4v) is 2.85. The first kappa shape index (κ1) is 12.2. The third-order valence-corrected chi connectivity index (χ3v) is 3.95. The molecular weight excluding hydrogens is 260 g/mol. The van der Waals surface area contributed by atoms with Crippen molar-refractivity contribution in [2.24, 2.45) is 0 Å². The molecule has 0 aromatic heterocycles. The van der Waals surface area contributed by atoms with Gasteiger partial charge in [0, 0.05) is 10.6 Å². The number of halogens is 1. The Hall–Kier alpha value is -1.80. The van der Waals surface area contributed by atoms with Crippen LogP contribution in [0.4, 0.5) is 0 Å². The van der Waals surface area contributed by atoms with Crippen LogP contribution in [0.5, 0.6) is 0 Å². The lowest BCUT2D eigenvalue weighted by molar-refractivity contribution is 0.0697. The van der Waals surface area contributed by atoms with E-state index in [0.717, 1.165) is 24.0 Å². The molecule has 0 radical (unpaired) electrons. The molecule has 0 heterocycles. The van der Waals surface area contributed by atoms with Crippen molar-refractivity contribution in [3.63, 3.8) is 0 Å². The minimum atomic E-state index is -0.931. The predicted molar refractivity (Wildman–Crippen MR) is 75.9 cm³/mol. The van der Waals surface area contributed by atoms with Gasteiger partial charge in [0.1, 0.15) is 0 Å². The molecule has 0 spiro atoms. The van der Waals surface area contributed by atoms with Crippen molar-refractivity contribution in [2.45, 2.75) is 19.3 Å². The van der Waals surface area contributed by atoms with Gasteiger partial charge in [0.05, 0.1) is 5.56 Å². The van der Waals surface area contributed by atoms with Gasteiger partial charge in [0.25, 0.3) is 0 Å². The number of aromatic carboxylic acids is 1. The Bertz CT molecular complexity index is 662. The Balaban J connectivity index is 2.11. The second kappa shape index (κ2) is 4.71. The highest BCUT2D eigenvalue weighted by Gasteiger charge is 2.14. The molecule has 2 aromatic carbocycles. The molecule has 0 bridgehead atoms. The molecule has 19 heavy (non-hydrogen) atoms. The first-order valence-corrected chi connectivity index (χ1v) is 6.68. The molecule has 1 N–H and O–H groups in total. The summed E-state index contributed by atoms with van der Waals surface area (Å²) >= 11 is 6.19. The Morgan fingerprint density at radius 1 is 1.05 bits per heavy atom. The van der Waals surface area contributed by atoms with E-state index in [1.807, 2.05) is 6.07 Å². The highest BCUT2D eigenvalue weighted by atomic mass is 35.5. The minimum absolute atomic E-state index is 0.264. The summed E-state index contributed by atoms with van der Waals surface area (Å²) in [4.78, 5) is 11.0. The predicted octanol–water partition coefficient (Wildman–Crippen LogP) is 4.19. The van der Waals surface area contributed by atoms with Crippen molar-refractivity contribution >= 4 is 17.6 Å². The van der Waals surface area contributed by atoms with Crippen LogP contribution in [0.1, 0.15) is 27.9 Å². The number of fused-ring (bicyclic) bond motifs is 1. The molecule has 1 aliphatic rings. The van der Waals surface area contributed by atoms with E-state index in [-0.39, 0.29) is 5.56 Å². The van der Waals surface area contributed by atoms with E-state index >= 15 is 0 Å². The molecule has 0 unspecified atom stereocenters. The average Bonchev–Trinajstić information content (AvgIpc) is 2.86. The van der Waals surface area contributed by atoms with Crippen molar-refractivity contribution in [1.82, 2.24) is 0 Å². The topological polar surface area (TPSA) is 37.3 Å². The number of benzene rings is 2. The van der Waals surface area contributed by atoms with Crippen LogP contribution < -0.4 is 0 Å². The number of aryl methyl sites for hydroxylation is 2. The monoisotopic (exact) mass is 272 g/mol. The van der Waals surface area contributed by atoms with Crippen LogP contribution in [0, 0.1) is 0 Å². The van der Waals surface area contributed by atoms with Crippen molar-refractivity contribution < 1.29 is 9.90 Å². The molecule has 2 aromatic rings. The van der Waals surface area contributed by atoms with Crippen LogP contribution in [0.15, 0.2) is 36.4 Å². The molecule has 0 atom stereocenters. The highest BCUT2D eigenvalue weighted by Crippen LogP contribution is 2.32. The molecule has 96 valence electrons. The molecule has 1 aliphatic carbocycles. The van der Waals surface area contributed by atoms with Gasteiger partial charge in [-0.15, -0.1) is 0 Å². The second-order valence-corrected chi connectivity index (χ2v) is 5.24. The van der Waals surface area contributed by atoms with E-state index in [4.69, 9.17) is 16.7 Å². The maximum atomic E-state index is 11.0. The average molecular weight is 273 g/mol. The van der Waals surface area contributed by atoms with Crippen molar-refractivity contribution in [2.75, 3.05) is 0 Å². The Morgan fingerprint density at radius 3 is 2.63 bits per heavy atom. The quantitative estimate of drug-likeness (QED) is 0.890. The van der Waals surface area contributed by atoms with Crippen LogP contribution in [0.25, 0.3) is 11.1 Å². The number of carbonyl (C=O) groups is 1. The van der Waals surface area contributed by atoms with Crippen molar-refractivity contribution in [1.29, 1.82) is 0 Å². The lowest BCUT2D eigenvalue weighted by Crippen LogP contribution is -1.96. The van der Waals surface area contributed by atoms with Gasteiger partial charge in [0.15, 0.2) is 0 Å². The minimum Gasteiger partial charge on any atom is -0.478 e. The van der Waals surface area contributed by atoms with Gasteiger partial charge in [-0.25, -0.2) is 4.79 Å². The van der Waals surface area contributed by atoms with Gasteiger partial charge >= 0.3 is 5.97 Å². The lowest BCUT2D eigenvalue weighted by atomic mass is 9.99. The third-order valence-electron chi connectivity index (χ3n) is 3.62. The summed E-state index contributed by atoms with van der Waals surface area (Å²) in [5.74, 6) is -0.931. The fourth-order valence-electron chi connectivity index (χ4n) is 2.62. The number of rotatable bonds is 2. The van der Waals surface area contributed by atoms with Crippen LogP contribution in [0.2, 0.25) is 5.02 Å². The Kier molecular flexibility index (Phi) is 3.03. The third kappa shape index (κ3) is 2.24. The van der Waals surface area contributed by atoms with E-state index in [0.29, 0.717) is 5.02 Å². The van der Waals surface area contributed by atoms with E-state index < -0.39 is 5.97 Å². The highest BCUT2D eigenvalue weighted by molar-refractivity contribution is 6.33. The van der Waals surface area contributed by atoms with Crippen LogP contribution in [-0.2, 0) is 12.8 Å². The molecular formula is C16H13ClO2. The van der Waals surface area contributed by atoms with Crippen molar-refractivity contribution in [3.05, 3.63) is 58.1 Å². The molecule has 2 nitrogen and oxygen atoms in total. The molecule has 0 saturated heterocycles. The van der Waals surface area contributed by atoms with Crippen LogP contribution >= 0.6 is 11.6 Å². The zero-order chi connectivity index (χ0) is 13.4. The molecule has 3 rings (SSSR count). The summed E-state index contributed by atoms with van der Waals surface area (Å²) < 4.78 is 0. The lowest BCUT2D eigenvalue weighted by Gasteiger charge is -2.08. The van der Waals surface area contributed by atoms with Gasteiger partial charge in [0.2, 0.25) is 0 Å². The summed E-state index contributed by atoms with van der Waals surface area (Å²) in [7, 11) is 0. The number of hydrogen-bond donors (Lipinski definition) is 1. The maximum Gasteiger partial charge on any atom is 0.335 e. The second-order valence-electron chi connectivity index (χ2n) is 4.84. The van der Waals surface area contributed by atoms with Crippen LogP contribution in [0.3, 0.4) is 0 Å². The van der Waals surface area contributed by atoms with Gasteiger partial charge in [-0.1, -0.05) is 29.8 Å². The SMILES string of the molecule is O=C(O)c1ccc(Cl)c(-c2ccc3c(c2)CCC3)c1. The largest absolute Gasteiger partial charge is 0.478 e. The van der Waals surface area contributed by atoms with E-state index in [9.17, 15) is 4.79 Å². The van der Waals surface area contributed by atoms with Gasteiger partial charge in [-0.05, 0) is 54.2 Å². The normalized spacial score (nSPS) is 13.3. The zero-order valence-electron chi connectivity index (χ0n) is 10.3. The Morgan fingerprint density at radius 2 is 1.84 bits per heavy atom. The molecule has 0 amide bonds. The van der Waals surface area contributed by atoms with Gasteiger partial charge < -0.3 is 5.11 Å². The van der Waals surface area contributed by atoms with Gasteiger partial charge in [-0.2, -0.15) is 0 Å². The first-order chi connectivity index (χ1) is 9.15. The first-order valence-electron chi connectivity index (χ1n) is 6.30. The maximum absolute atomic E-state index is 11.0. The smallest absolute Gasteiger partial charge is 0.335 e. The summed E-state index contributed by atoms with van der Waals surface area (Å²) in [6.07, 6.45) is 3.43. The number of carboxylic acids is 1. The van der Waals surface area contributed by atoms with Crippen LogP contribution in [-0.4, -0.2) is 11.1 Å². The molecule has 0 saturated carbocycles. The van der Waals surface area contributed by atoms with E-state index in [2.05, 4.69) is 12.1 Å². The number of hydrogen-bond acceptors (Lipinski definition) is 1. The van der Waals surface area contributed by atoms with Crippen molar-refractivity contribution in [3.8, 4) is 11.1 Å². The standard InChI is InChI=1S/C16H13ClO2/c17-15-7-6-13(16(18)19)9-14(15)12-5-4-10-2-1-3-11(10)8-12/h4-9H,1-3H2,(H,18,19). The summed E-state index contributed by atoms with van der Waals surface area (Å²) in [5.41, 5.74) is 4.80. The zero-order valence-corrected chi connectivity index (χ0v) is 11.1. The number of carboxylic acid groups (broad SMARTS) is 1. The summed E-state index contributed by atoms with van der Waals surface area (Å²) in [5, 5.41) is 9.64. The molecule has 0 fully saturated rings. The summed E-state index contributed by atoms with van der Waals surface area (Å²) in [6, 6.07) is 11.1.